The molecule has 1 aromatic rings. The van der Waals surface area contributed by atoms with Crippen molar-refractivity contribution in [2.75, 3.05) is 6.61 Å². The standard InChI is InChI=1S/C13H20O2/c1-9-7-10(5-6-14)12(15)11(8-9)13(2,3)4/h7-8,14-15H,5-6H2,1-4H3. The fourth-order valence-corrected chi connectivity index (χ4v) is 1.74. The molecule has 0 aromatic heterocycles. The first kappa shape index (κ1) is 12.1. The Morgan fingerprint density at radius 2 is 1.80 bits per heavy atom. The van der Waals surface area contributed by atoms with Gasteiger partial charge >= 0.3 is 0 Å². The molecule has 1 aromatic carbocycles. The lowest BCUT2D eigenvalue weighted by Crippen LogP contribution is -2.12. The lowest BCUT2D eigenvalue weighted by atomic mass is 9.84. The van der Waals surface area contributed by atoms with Crippen molar-refractivity contribution in [1.82, 2.24) is 0 Å². The molecule has 0 saturated heterocycles. The Kier molecular flexibility index (Phi) is 3.40. The number of hydrogen-bond donors (Lipinski definition) is 2. The molecule has 0 fully saturated rings. The minimum Gasteiger partial charge on any atom is -0.507 e. The van der Waals surface area contributed by atoms with Crippen molar-refractivity contribution in [3.8, 4) is 5.75 Å². The smallest absolute Gasteiger partial charge is 0.122 e. The van der Waals surface area contributed by atoms with Gasteiger partial charge in [0, 0.05) is 6.61 Å². The van der Waals surface area contributed by atoms with Gasteiger partial charge in [0.05, 0.1) is 0 Å². The Labute approximate surface area is 91.6 Å². The Hall–Kier alpha value is -1.02. The molecule has 0 spiro atoms. The van der Waals surface area contributed by atoms with E-state index in [0.717, 1.165) is 16.7 Å². The molecule has 0 aliphatic rings. The van der Waals surface area contributed by atoms with E-state index in [1.165, 1.54) is 0 Å². The van der Waals surface area contributed by atoms with Crippen LogP contribution in [0.4, 0.5) is 0 Å². The number of benzene rings is 1. The molecule has 0 saturated carbocycles. The van der Waals surface area contributed by atoms with Gasteiger partial charge < -0.3 is 10.2 Å². The number of aryl methyl sites for hydroxylation is 1. The summed E-state index contributed by atoms with van der Waals surface area (Å²) in [6.45, 7) is 8.30. The predicted octanol–water partition coefficient (Wildman–Crippen LogP) is 2.53. The van der Waals surface area contributed by atoms with Crippen molar-refractivity contribution in [3.63, 3.8) is 0 Å². The van der Waals surface area contributed by atoms with E-state index in [0.29, 0.717) is 12.2 Å². The van der Waals surface area contributed by atoms with E-state index in [-0.39, 0.29) is 12.0 Å². The molecule has 2 heteroatoms. The highest BCUT2D eigenvalue weighted by atomic mass is 16.3. The maximum atomic E-state index is 10.1. The van der Waals surface area contributed by atoms with Crippen molar-refractivity contribution in [2.24, 2.45) is 0 Å². The van der Waals surface area contributed by atoms with Crippen molar-refractivity contribution < 1.29 is 10.2 Å². The van der Waals surface area contributed by atoms with Crippen molar-refractivity contribution in [1.29, 1.82) is 0 Å². The van der Waals surface area contributed by atoms with Gasteiger partial charge in [-0.25, -0.2) is 0 Å². The van der Waals surface area contributed by atoms with Gasteiger partial charge in [-0.2, -0.15) is 0 Å². The van der Waals surface area contributed by atoms with Gasteiger partial charge in [0.25, 0.3) is 0 Å². The van der Waals surface area contributed by atoms with E-state index in [1.54, 1.807) is 0 Å². The lowest BCUT2D eigenvalue weighted by molar-refractivity contribution is 0.297. The maximum absolute atomic E-state index is 10.1. The predicted molar refractivity (Wildman–Crippen MR) is 62.3 cm³/mol. The molecule has 15 heavy (non-hydrogen) atoms. The Morgan fingerprint density at radius 1 is 1.20 bits per heavy atom. The summed E-state index contributed by atoms with van der Waals surface area (Å²) in [7, 11) is 0. The second-order valence-electron chi connectivity index (χ2n) is 5.04. The van der Waals surface area contributed by atoms with Crippen LogP contribution < -0.4 is 0 Å². The summed E-state index contributed by atoms with van der Waals surface area (Å²) in [5, 5.41) is 19.0. The number of hydrogen-bond acceptors (Lipinski definition) is 2. The normalized spacial score (nSPS) is 11.8. The van der Waals surface area contributed by atoms with E-state index >= 15 is 0 Å². The van der Waals surface area contributed by atoms with Crippen LogP contribution in [0.25, 0.3) is 0 Å². The number of rotatable bonds is 2. The fraction of sp³-hybridized carbons (Fsp3) is 0.538. The zero-order valence-electron chi connectivity index (χ0n) is 9.96. The van der Waals surface area contributed by atoms with Gasteiger partial charge in [0.1, 0.15) is 5.75 Å². The molecule has 0 amide bonds. The minimum absolute atomic E-state index is 0.0691. The van der Waals surface area contributed by atoms with Gasteiger partial charge in [-0.1, -0.05) is 38.5 Å². The van der Waals surface area contributed by atoms with Crippen LogP contribution in [0, 0.1) is 6.92 Å². The number of aromatic hydroxyl groups is 1. The fourth-order valence-electron chi connectivity index (χ4n) is 1.74. The molecule has 0 aliphatic heterocycles. The summed E-state index contributed by atoms with van der Waals surface area (Å²) in [6, 6.07) is 3.94. The zero-order valence-corrected chi connectivity index (χ0v) is 9.96. The van der Waals surface area contributed by atoms with Crippen molar-refractivity contribution >= 4 is 0 Å². The molecule has 0 aliphatic carbocycles. The SMILES string of the molecule is Cc1cc(CCO)c(O)c(C(C)(C)C)c1. The van der Waals surface area contributed by atoms with E-state index in [4.69, 9.17) is 5.11 Å². The van der Waals surface area contributed by atoms with E-state index in [2.05, 4.69) is 20.8 Å². The summed E-state index contributed by atoms with van der Waals surface area (Å²) >= 11 is 0. The average Bonchev–Trinajstić information content (AvgIpc) is 2.09. The number of phenols is 1. The summed E-state index contributed by atoms with van der Waals surface area (Å²) in [5.41, 5.74) is 2.84. The summed E-state index contributed by atoms with van der Waals surface area (Å²) in [6.07, 6.45) is 0.511. The topological polar surface area (TPSA) is 40.5 Å². The summed E-state index contributed by atoms with van der Waals surface area (Å²) in [5.74, 6) is 0.335. The highest BCUT2D eigenvalue weighted by molar-refractivity contribution is 5.46. The van der Waals surface area contributed by atoms with Crippen LogP contribution in [0.15, 0.2) is 12.1 Å². The molecule has 84 valence electrons. The third-order valence-electron chi connectivity index (χ3n) is 2.52. The number of aliphatic hydroxyl groups is 1. The van der Waals surface area contributed by atoms with Gasteiger partial charge in [0.15, 0.2) is 0 Å². The largest absolute Gasteiger partial charge is 0.507 e. The van der Waals surface area contributed by atoms with E-state index < -0.39 is 0 Å². The van der Waals surface area contributed by atoms with Gasteiger partial charge in [-0.15, -0.1) is 0 Å². The number of phenolic OH excluding ortho intramolecular Hbond substituents is 1. The molecule has 0 atom stereocenters. The van der Waals surface area contributed by atoms with E-state index in [9.17, 15) is 5.11 Å². The third kappa shape index (κ3) is 2.72. The lowest BCUT2D eigenvalue weighted by Gasteiger charge is -2.22. The van der Waals surface area contributed by atoms with Crippen LogP contribution in [-0.4, -0.2) is 16.8 Å². The van der Waals surface area contributed by atoms with Gasteiger partial charge in [-0.3, -0.25) is 0 Å². The van der Waals surface area contributed by atoms with Crippen molar-refractivity contribution in [3.05, 3.63) is 28.8 Å². The zero-order chi connectivity index (χ0) is 11.6. The second kappa shape index (κ2) is 4.23. The first-order valence-electron chi connectivity index (χ1n) is 5.30. The van der Waals surface area contributed by atoms with Gasteiger partial charge in [-0.05, 0) is 29.9 Å². The highest BCUT2D eigenvalue weighted by Crippen LogP contribution is 2.34. The van der Waals surface area contributed by atoms with Crippen LogP contribution in [0.5, 0.6) is 5.75 Å². The monoisotopic (exact) mass is 208 g/mol. The Balaban J connectivity index is 3.28. The maximum Gasteiger partial charge on any atom is 0.122 e. The second-order valence-corrected chi connectivity index (χ2v) is 5.04. The van der Waals surface area contributed by atoms with Crippen LogP contribution in [-0.2, 0) is 11.8 Å². The molecule has 2 N–H and O–H groups in total. The molecule has 2 nitrogen and oxygen atoms in total. The molecule has 1 rings (SSSR count). The Bertz CT molecular complexity index is 348. The third-order valence-corrected chi connectivity index (χ3v) is 2.52. The average molecular weight is 208 g/mol. The van der Waals surface area contributed by atoms with Crippen LogP contribution in [0.1, 0.15) is 37.5 Å². The minimum atomic E-state index is -0.0691. The molecular formula is C13H20O2. The molecule has 0 bridgehead atoms. The highest BCUT2D eigenvalue weighted by Gasteiger charge is 2.20. The van der Waals surface area contributed by atoms with Gasteiger partial charge in [0.2, 0.25) is 0 Å². The molecule has 0 unspecified atom stereocenters. The molecule has 0 radical (unpaired) electrons. The Morgan fingerprint density at radius 3 is 2.27 bits per heavy atom. The van der Waals surface area contributed by atoms with Crippen LogP contribution in [0.3, 0.4) is 0 Å². The molecule has 0 heterocycles. The van der Waals surface area contributed by atoms with Crippen molar-refractivity contribution in [2.45, 2.75) is 39.5 Å². The number of aliphatic hydroxyl groups excluding tert-OH is 1. The first-order chi connectivity index (χ1) is 6.86. The quantitative estimate of drug-likeness (QED) is 0.784. The summed E-state index contributed by atoms with van der Waals surface area (Å²) in [4.78, 5) is 0. The molecular weight excluding hydrogens is 188 g/mol. The van der Waals surface area contributed by atoms with E-state index in [1.807, 2.05) is 19.1 Å². The van der Waals surface area contributed by atoms with Crippen LogP contribution in [0.2, 0.25) is 0 Å². The summed E-state index contributed by atoms with van der Waals surface area (Å²) < 4.78 is 0. The first-order valence-corrected chi connectivity index (χ1v) is 5.30. The van der Waals surface area contributed by atoms with Crippen LogP contribution >= 0.6 is 0 Å².